The summed E-state index contributed by atoms with van der Waals surface area (Å²) in [6.07, 6.45) is 1.33. The van der Waals surface area contributed by atoms with Gasteiger partial charge in [-0.2, -0.15) is 10.1 Å². The molecule has 0 aliphatic heterocycles. The zero-order valence-corrected chi connectivity index (χ0v) is 23.1. The highest BCUT2D eigenvalue weighted by Crippen LogP contribution is 2.38. The van der Waals surface area contributed by atoms with E-state index in [4.69, 9.17) is 23.2 Å². The maximum absolute atomic E-state index is 14.3. The predicted molar refractivity (Wildman–Crippen MR) is 149 cm³/mol. The molecular weight excluding hydrogens is 552 g/mol. The van der Waals surface area contributed by atoms with Gasteiger partial charge in [-0.1, -0.05) is 41.0 Å². The fourth-order valence-electron chi connectivity index (χ4n) is 3.91. The van der Waals surface area contributed by atoms with Crippen LogP contribution in [0.25, 0.3) is 16.6 Å². The van der Waals surface area contributed by atoms with Crippen molar-refractivity contribution in [1.29, 1.82) is 0 Å². The monoisotopic (exact) mass is 571 g/mol. The minimum absolute atomic E-state index is 0.239. The first-order valence-electron chi connectivity index (χ1n) is 11.2. The maximum atomic E-state index is 14.3. The van der Waals surface area contributed by atoms with Crippen LogP contribution in [0.3, 0.4) is 0 Å². The number of benzene rings is 2. The van der Waals surface area contributed by atoms with Gasteiger partial charge in [0, 0.05) is 21.0 Å². The van der Waals surface area contributed by atoms with Crippen LogP contribution in [0.1, 0.15) is 21.1 Å². The van der Waals surface area contributed by atoms with Gasteiger partial charge in [0.1, 0.15) is 17.2 Å². The summed E-state index contributed by atoms with van der Waals surface area (Å²) in [5, 5.41) is 9.99. The summed E-state index contributed by atoms with van der Waals surface area (Å²) in [6, 6.07) is 11.9. The van der Waals surface area contributed by atoms with Gasteiger partial charge in [0.05, 0.1) is 38.4 Å². The summed E-state index contributed by atoms with van der Waals surface area (Å²) in [7, 11) is 0. The highest BCUT2D eigenvalue weighted by molar-refractivity contribution is 7.99. The topological polar surface area (TPSA) is 72.2 Å². The van der Waals surface area contributed by atoms with Crippen LogP contribution in [0, 0.1) is 26.6 Å². The Balaban J connectivity index is 1.49. The van der Waals surface area contributed by atoms with E-state index in [2.05, 4.69) is 20.4 Å². The lowest BCUT2D eigenvalue weighted by Gasteiger charge is -2.13. The van der Waals surface area contributed by atoms with Crippen LogP contribution in [-0.2, 0) is 6.54 Å². The number of nitrogens with zero attached hydrogens (tertiary/aromatic N) is 4. The second kappa shape index (κ2) is 10.4. The summed E-state index contributed by atoms with van der Waals surface area (Å²) in [5.41, 5.74) is 3.15. The fourth-order valence-corrected chi connectivity index (χ4v) is 6.25. The summed E-state index contributed by atoms with van der Waals surface area (Å²) in [4.78, 5) is 22.9. The lowest BCUT2D eigenvalue weighted by Crippen LogP contribution is -2.14. The molecular formula is C26H20Cl2FN5OS2. The van der Waals surface area contributed by atoms with Crippen molar-refractivity contribution >= 4 is 57.5 Å². The summed E-state index contributed by atoms with van der Waals surface area (Å²) >= 11 is 16.1. The third-order valence-corrected chi connectivity index (χ3v) is 8.28. The molecule has 2 aromatic carbocycles. The highest BCUT2D eigenvalue weighted by atomic mass is 35.5. The summed E-state index contributed by atoms with van der Waals surface area (Å²) < 4.78 is 15.8. The number of aryl methyl sites for hydroxylation is 3. The number of nitrogens with one attached hydrogen (secondary N) is 1. The first-order valence-corrected chi connectivity index (χ1v) is 13.6. The molecule has 3 heterocycles. The molecule has 0 aliphatic rings. The van der Waals surface area contributed by atoms with Gasteiger partial charge in [0.15, 0.2) is 0 Å². The van der Waals surface area contributed by atoms with E-state index in [-0.39, 0.29) is 11.4 Å². The fraction of sp³-hybridized carbons (Fsp3) is 0.154. The molecule has 3 aromatic heterocycles. The Morgan fingerprint density at radius 2 is 1.81 bits per heavy atom. The van der Waals surface area contributed by atoms with Gasteiger partial charge in [0.25, 0.3) is 5.56 Å². The van der Waals surface area contributed by atoms with Crippen LogP contribution in [-0.4, -0.2) is 19.6 Å². The molecule has 0 amide bonds. The van der Waals surface area contributed by atoms with Crippen LogP contribution in [0.4, 0.5) is 10.1 Å². The average molecular weight is 573 g/mol. The molecule has 6 nitrogen and oxygen atoms in total. The van der Waals surface area contributed by atoms with Gasteiger partial charge < -0.3 is 5.32 Å². The Bertz CT molecular complexity index is 1700. The third-order valence-electron chi connectivity index (χ3n) is 5.64. The highest BCUT2D eigenvalue weighted by Gasteiger charge is 2.19. The van der Waals surface area contributed by atoms with Gasteiger partial charge in [-0.25, -0.2) is 13.9 Å². The van der Waals surface area contributed by atoms with Crippen molar-refractivity contribution in [2.24, 2.45) is 0 Å². The van der Waals surface area contributed by atoms with Gasteiger partial charge in [-0.3, -0.25) is 4.79 Å². The number of thiazole rings is 1. The molecule has 0 saturated heterocycles. The van der Waals surface area contributed by atoms with Gasteiger partial charge in [-0.05, 0) is 62.7 Å². The number of fused-ring (bicyclic) bond motifs is 1. The van der Waals surface area contributed by atoms with E-state index < -0.39 is 5.56 Å². The molecule has 0 saturated carbocycles. The van der Waals surface area contributed by atoms with E-state index in [9.17, 15) is 9.18 Å². The second-order valence-electron chi connectivity index (χ2n) is 8.37. The Hall–Kier alpha value is -2.98. The van der Waals surface area contributed by atoms with Crippen LogP contribution in [0.5, 0.6) is 0 Å². The van der Waals surface area contributed by atoms with E-state index in [1.165, 1.54) is 28.7 Å². The normalized spacial score (nSPS) is 11.3. The van der Waals surface area contributed by atoms with Gasteiger partial charge >= 0.3 is 0 Å². The first-order chi connectivity index (χ1) is 17.7. The molecule has 0 spiro atoms. The van der Waals surface area contributed by atoms with Crippen LogP contribution in [0.2, 0.25) is 10.0 Å². The van der Waals surface area contributed by atoms with Gasteiger partial charge in [-0.15, -0.1) is 11.3 Å². The Morgan fingerprint density at radius 3 is 2.49 bits per heavy atom. The van der Waals surface area contributed by atoms with Crippen molar-refractivity contribution in [2.75, 3.05) is 5.32 Å². The van der Waals surface area contributed by atoms with Gasteiger partial charge in [0.2, 0.25) is 0 Å². The second-order valence-corrected chi connectivity index (χ2v) is 11.5. The van der Waals surface area contributed by atoms with E-state index >= 15 is 0 Å². The smallest absolute Gasteiger partial charge is 0.281 e. The van der Waals surface area contributed by atoms with Crippen molar-refractivity contribution in [3.05, 3.63) is 96.2 Å². The lowest BCUT2D eigenvalue weighted by molar-refractivity contribution is 0.600. The zero-order valence-electron chi connectivity index (χ0n) is 20.0. The third kappa shape index (κ3) is 5.36. The van der Waals surface area contributed by atoms with Crippen molar-refractivity contribution in [3.63, 3.8) is 0 Å². The molecule has 0 unspecified atom stereocenters. The summed E-state index contributed by atoms with van der Waals surface area (Å²) in [5.74, 6) is -0.321. The standard InChI is InChI=1S/C26H20Cl2FN5OS2/c1-13-4-6-21(19(29)8-13)37-23-7-5-20-25(26(35)31-12-34(20)33-23)24-17(27)9-16(10-18(24)28)30-11-22-14(2)32-15(3)36-22/h4-10,12,30H,11H2,1-3H3. The maximum Gasteiger partial charge on any atom is 0.281 e. The van der Waals surface area contributed by atoms with Crippen LogP contribution < -0.4 is 10.9 Å². The minimum Gasteiger partial charge on any atom is -0.380 e. The van der Waals surface area contributed by atoms with E-state index in [0.29, 0.717) is 37.6 Å². The van der Waals surface area contributed by atoms with Crippen molar-refractivity contribution in [3.8, 4) is 11.1 Å². The quantitative estimate of drug-likeness (QED) is 0.230. The molecule has 1 N–H and O–H groups in total. The number of aromatic nitrogens is 4. The molecule has 0 radical (unpaired) electrons. The molecule has 0 fully saturated rings. The Morgan fingerprint density at radius 1 is 1.05 bits per heavy atom. The molecule has 5 rings (SSSR count). The van der Waals surface area contributed by atoms with Crippen LogP contribution in [0.15, 0.2) is 63.5 Å². The first kappa shape index (κ1) is 25.7. The molecule has 0 bridgehead atoms. The summed E-state index contributed by atoms with van der Waals surface area (Å²) in [6.45, 7) is 6.35. The number of hydrogen-bond donors (Lipinski definition) is 1. The van der Waals surface area contributed by atoms with E-state index in [1.54, 1.807) is 41.7 Å². The van der Waals surface area contributed by atoms with E-state index in [1.807, 2.05) is 26.8 Å². The largest absolute Gasteiger partial charge is 0.380 e. The Labute approximate surface area is 230 Å². The predicted octanol–water partition coefficient (Wildman–Crippen LogP) is 7.35. The Kier molecular flexibility index (Phi) is 7.22. The molecule has 5 aromatic rings. The number of halogens is 3. The minimum atomic E-state index is -0.480. The zero-order chi connectivity index (χ0) is 26.3. The lowest BCUT2D eigenvalue weighted by atomic mass is 10.1. The van der Waals surface area contributed by atoms with Crippen molar-refractivity contribution in [1.82, 2.24) is 19.6 Å². The SMILES string of the molecule is Cc1ccc(Sc2ccc3c(-c4c(Cl)cc(NCc5sc(C)nc5C)cc4Cl)c(=O)ncn3n2)c(F)c1. The number of rotatable bonds is 6. The molecule has 37 heavy (non-hydrogen) atoms. The van der Waals surface area contributed by atoms with E-state index in [0.717, 1.165) is 26.8 Å². The van der Waals surface area contributed by atoms with Crippen molar-refractivity contribution < 1.29 is 4.39 Å². The number of hydrogen-bond acceptors (Lipinski definition) is 7. The molecule has 0 atom stereocenters. The molecule has 11 heteroatoms. The number of anilines is 1. The molecule has 0 aliphatic carbocycles. The van der Waals surface area contributed by atoms with Crippen molar-refractivity contribution in [2.45, 2.75) is 37.2 Å². The molecule has 188 valence electrons. The average Bonchev–Trinajstić information content (AvgIpc) is 3.17. The van der Waals surface area contributed by atoms with Crippen LogP contribution >= 0.6 is 46.3 Å².